The standard InChI is InChI=1S/C24H18ClNO2/c1-16(14-15-26-23(27)20-7-2-3-8-21(20)24(26)28)17-10-12-18(13-11-17)19-6-4-5-9-22(19)25/h2-14H,15H2,1H3/b16-14-. The second-order valence-electron chi connectivity index (χ2n) is 6.71. The zero-order chi connectivity index (χ0) is 19.7. The van der Waals surface area contributed by atoms with Gasteiger partial charge < -0.3 is 0 Å². The van der Waals surface area contributed by atoms with Crippen LogP contribution in [0.4, 0.5) is 0 Å². The van der Waals surface area contributed by atoms with Crippen molar-refractivity contribution in [1.82, 2.24) is 4.90 Å². The predicted molar refractivity (Wildman–Crippen MR) is 112 cm³/mol. The number of amides is 2. The smallest absolute Gasteiger partial charge is 0.261 e. The topological polar surface area (TPSA) is 37.4 Å². The molecule has 0 saturated heterocycles. The Labute approximate surface area is 168 Å². The molecule has 0 atom stereocenters. The zero-order valence-electron chi connectivity index (χ0n) is 15.4. The van der Waals surface area contributed by atoms with Gasteiger partial charge in [-0.1, -0.05) is 72.3 Å². The number of carbonyl (C=O) groups excluding carboxylic acids is 2. The number of carbonyl (C=O) groups is 2. The van der Waals surface area contributed by atoms with Gasteiger partial charge in [0, 0.05) is 17.1 Å². The fourth-order valence-corrected chi connectivity index (χ4v) is 3.60. The molecule has 2 amide bonds. The van der Waals surface area contributed by atoms with E-state index < -0.39 is 0 Å². The Morgan fingerprint density at radius 3 is 1.93 bits per heavy atom. The maximum Gasteiger partial charge on any atom is 0.261 e. The Bertz CT molecular complexity index is 1060. The van der Waals surface area contributed by atoms with Gasteiger partial charge in [-0.05, 0) is 41.8 Å². The summed E-state index contributed by atoms with van der Waals surface area (Å²) >= 11 is 6.27. The van der Waals surface area contributed by atoms with Crippen molar-refractivity contribution in [2.75, 3.05) is 6.54 Å². The Morgan fingerprint density at radius 1 is 0.821 bits per heavy atom. The number of imide groups is 1. The molecular formula is C24H18ClNO2. The van der Waals surface area contributed by atoms with Gasteiger partial charge in [-0.2, -0.15) is 0 Å². The first-order valence-electron chi connectivity index (χ1n) is 9.03. The lowest BCUT2D eigenvalue weighted by Crippen LogP contribution is -2.29. The van der Waals surface area contributed by atoms with E-state index in [1.54, 1.807) is 24.3 Å². The quantitative estimate of drug-likeness (QED) is 0.538. The number of fused-ring (bicyclic) bond motifs is 1. The highest BCUT2D eigenvalue weighted by atomic mass is 35.5. The summed E-state index contributed by atoms with van der Waals surface area (Å²) < 4.78 is 0. The molecule has 4 rings (SSSR count). The average Bonchev–Trinajstić information content (AvgIpc) is 2.97. The lowest BCUT2D eigenvalue weighted by atomic mass is 10.0. The van der Waals surface area contributed by atoms with E-state index in [-0.39, 0.29) is 18.4 Å². The van der Waals surface area contributed by atoms with E-state index in [9.17, 15) is 9.59 Å². The van der Waals surface area contributed by atoms with E-state index in [4.69, 9.17) is 11.6 Å². The third kappa shape index (κ3) is 3.25. The minimum Gasteiger partial charge on any atom is -0.270 e. The molecule has 0 aliphatic carbocycles. The Morgan fingerprint density at radius 2 is 1.36 bits per heavy atom. The van der Waals surface area contributed by atoms with Gasteiger partial charge >= 0.3 is 0 Å². The van der Waals surface area contributed by atoms with E-state index in [0.29, 0.717) is 16.1 Å². The minimum atomic E-state index is -0.237. The van der Waals surface area contributed by atoms with Crippen molar-refractivity contribution in [3.8, 4) is 11.1 Å². The second kappa shape index (κ2) is 7.45. The second-order valence-corrected chi connectivity index (χ2v) is 7.12. The van der Waals surface area contributed by atoms with Gasteiger partial charge in [-0.15, -0.1) is 0 Å². The molecule has 0 bridgehead atoms. The molecule has 3 nitrogen and oxygen atoms in total. The number of halogens is 1. The number of allylic oxidation sites excluding steroid dienone is 1. The van der Waals surface area contributed by atoms with Crippen molar-refractivity contribution in [1.29, 1.82) is 0 Å². The third-order valence-electron chi connectivity index (χ3n) is 4.98. The highest BCUT2D eigenvalue weighted by Gasteiger charge is 2.34. The number of hydrogen-bond acceptors (Lipinski definition) is 2. The lowest BCUT2D eigenvalue weighted by molar-refractivity contribution is 0.0672. The summed E-state index contributed by atoms with van der Waals surface area (Å²) in [4.78, 5) is 26.2. The highest BCUT2D eigenvalue weighted by Crippen LogP contribution is 2.29. The van der Waals surface area contributed by atoms with E-state index in [2.05, 4.69) is 0 Å². The van der Waals surface area contributed by atoms with Crippen molar-refractivity contribution >= 4 is 29.0 Å². The minimum absolute atomic E-state index is 0.237. The first-order valence-corrected chi connectivity index (χ1v) is 9.41. The summed E-state index contributed by atoms with van der Waals surface area (Å²) in [5, 5.41) is 0.716. The molecule has 1 aliphatic rings. The fourth-order valence-electron chi connectivity index (χ4n) is 3.36. The molecule has 0 spiro atoms. The molecule has 0 N–H and O–H groups in total. The van der Waals surface area contributed by atoms with Crippen LogP contribution in [0.25, 0.3) is 16.7 Å². The Hall–Kier alpha value is -3.17. The van der Waals surface area contributed by atoms with Crippen molar-refractivity contribution in [2.24, 2.45) is 0 Å². The molecule has 3 aromatic rings. The SMILES string of the molecule is C/C(=C/CN1C(=O)c2ccccc2C1=O)c1ccc(-c2ccccc2Cl)cc1. The van der Waals surface area contributed by atoms with Crippen LogP contribution >= 0.6 is 11.6 Å². The maximum absolute atomic E-state index is 12.5. The maximum atomic E-state index is 12.5. The molecule has 1 heterocycles. The van der Waals surface area contributed by atoms with Gasteiger partial charge in [-0.3, -0.25) is 14.5 Å². The van der Waals surface area contributed by atoms with Crippen molar-refractivity contribution < 1.29 is 9.59 Å². The Balaban J connectivity index is 1.52. The van der Waals surface area contributed by atoms with Crippen LogP contribution in [0.5, 0.6) is 0 Å². The molecule has 28 heavy (non-hydrogen) atoms. The van der Waals surface area contributed by atoms with Crippen LogP contribution in [-0.2, 0) is 0 Å². The highest BCUT2D eigenvalue weighted by molar-refractivity contribution is 6.33. The van der Waals surface area contributed by atoms with Gasteiger partial charge in [0.05, 0.1) is 11.1 Å². The molecule has 4 heteroatoms. The van der Waals surface area contributed by atoms with Crippen LogP contribution in [0.1, 0.15) is 33.2 Å². The normalized spacial score (nSPS) is 13.8. The van der Waals surface area contributed by atoms with E-state index in [1.165, 1.54) is 4.90 Å². The van der Waals surface area contributed by atoms with Gasteiger partial charge in [0.2, 0.25) is 0 Å². The summed E-state index contributed by atoms with van der Waals surface area (Å²) in [7, 11) is 0. The van der Waals surface area contributed by atoms with Gasteiger partial charge in [0.15, 0.2) is 0 Å². The van der Waals surface area contributed by atoms with Gasteiger partial charge in [-0.25, -0.2) is 0 Å². The third-order valence-corrected chi connectivity index (χ3v) is 5.31. The van der Waals surface area contributed by atoms with Crippen molar-refractivity contribution in [3.05, 3.63) is 101 Å². The van der Waals surface area contributed by atoms with Crippen molar-refractivity contribution in [2.45, 2.75) is 6.92 Å². The summed E-state index contributed by atoms with van der Waals surface area (Å²) in [6.45, 7) is 2.23. The van der Waals surface area contributed by atoms with Crippen LogP contribution < -0.4 is 0 Å². The number of benzene rings is 3. The van der Waals surface area contributed by atoms with E-state index in [0.717, 1.165) is 22.3 Å². The first kappa shape index (κ1) is 18.2. The van der Waals surface area contributed by atoms with Crippen molar-refractivity contribution in [3.63, 3.8) is 0 Å². The fraction of sp³-hybridized carbons (Fsp3) is 0.0833. The number of nitrogens with zero attached hydrogens (tertiary/aromatic N) is 1. The molecular weight excluding hydrogens is 370 g/mol. The largest absolute Gasteiger partial charge is 0.270 e. The summed E-state index contributed by atoms with van der Waals surface area (Å²) in [5.74, 6) is -0.475. The molecule has 3 aromatic carbocycles. The average molecular weight is 388 g/mol. The molecule has 0 fully saturated rings. The first-order chi connectivity index (χ1) is 13.6. The Kier molecular flexibility index (Phi) is 4.84. The summed E-state index contributed by atoms with van der Waals surface area (Å²) in [5.41, 5.74) is 5.02. The van der Waals surface area contributed by atoms with Crippen LogP contribution in [-0.4, -0.2) is 23.3 Å². The van der Waals surface area contributed by atoms with Crippen LogP contribution in [0.3, 0.4) is 0 Å². The van der Waals surface area contributed by atoms with E-state index >= 15 is 0 Å². The lowest BCUT2D eigenvalue weighted by Gasteiger charge is -2.12. The number of rotatable bonds is 4. The van der Waals surface area contributed by atoms with Gasteiger partial charge in [0.1, 0.15) is 0 Å². The molecule has 0 saturated carbocycles. The summed E-state index contributed by atoms with van der Waals surface area (Å²) in [6.07, 6.45) is 1.91. The molecule has 0 aromatic heterocycles. The predicted octanol–water partition coefficient (Wildman–Crippen LogP) is 5.71. The summed E-state index contributed by atoms with van der Waals surface area (Å²) in [6, 6.07) is 22.8. The van der Waals surface area contributed by atoms with Gasteiger partial charge in [0.25, 0.3) is 11.8 Å². The monoisotopic (exact) mass is 387 g/mol. The molecule has 1 aliphatic heterocycles. The van der Waals surface area contributed by atoms with Crippen LogP contribution in [0, 0.1) is 0 Å². The molecule has 0 unspecified atom stereocenters. The number of hydrogen-bond donors (Lipinski definition) is 0. The van der Waals surface area contributed by atoms with E-state index in [1.807, 2.05) is 61.5 Å². The zero-order valence-corrected chi connectivity index (χ0v) is 16.1. The molecule has 138 valence electrons. The molecule has 0 radical (unpaired) electrons. The van der Waals surface area contributed by atoms with Crippen LogP contribution in [0.15, 0.2) is 78.9 Å². The van der Waals surface area contributed by atoms with Crippen LogP contribution in [0.2, 0.25) is 5.02 Å².